The topological polar surface area (TPSA) is 86.1 Å². The smallest absolute Gasteiger partial charge is 0.338 e. The van der Waals surface area contributed by atoms with Crippen molar-refractivity contribution in [2.75, 3.05) is 18.2 Å². The van der Waals surface area contributed by atoms with Gasteiger partial charge in [0.25, 0.3) is 5.91 Å². The van der Waals surface area contributed by atoms with Crippen LogP contribution in [0.4, 0.5) is 5.69 Å². The Morgan fingerprint density at radius 3 is 2.41 bits per heavy atom. The number of carbonyl (C=O) groups is 2. The Morgan fingerprint density at radius 1 is 1.03 bits per heavy atom. The monoisotopic (exact) mass is 410 g/mol. The van der Waals surface area contributed by atoms with Gasteiger partial charge in [0.15, 0.2) is 11.8 Å². The van der Waals surface area contributed by atoms with Gasteiger partial charge in [0.1, 0.15) is 5.82 Å². The van der Waals surface area contributed by atoms with Gasteiger partial charge in [0.2, 0.25) is 0 Å². The number of carbonyl (C=O) groups excluding carboxylic acids is 2. The molecule has 1 aromatic heterocycles. The maximum absolute atomic E-state index is 12.3. The molecule has 0 bridgehead atoms. The lowest BCUT2D eigenvalue weighted by atomic mass is 10.1. The van der Waals surface area contributed by atoms with Crippen LogP contribution in [0.3, 0.4) is 0 Å². The van der Waals surface area contributed by atoms with E-state index in [-0.39, 0.29) is 12.5 Å². The molecule has 3 rings (SSSR count). The van der Waals surface area contributed by atoms with Crippen molar-refractivity contribution in [3.63, 3.8) is 0 Å². The molecule has 0 saturated carbocycles. The lowest BCUT2D eigenvalue weighted by Gasteiger charge is -2.10. The van der Waals surface area contributed by atoms with E-state index in [9.17, 15) is 9.59 Å². The molecule has 0 radical (unpaired) electrons. The molecule has 1 heterocycles. The highest BCUT2D eigenvalue weighted by Gasteiger charge is 2.13. The number of hydrogen-bond donors (Lipinski definition) is 1. The Kier molecular flexibility index (Phi) is 6.33. The van der Waals surface area contributed by atoms with E-state index in [4.69, 9.17) is 4.74 Å². The van der Waals surface area contributed by atoms with Gasteiger partial charge < -0.3 is 10.1 Å². The lowest BCUT2D eigenvalue weighted by Crippen LogP contribution is -2.21. The average molecular weight is 410 g/mol. The van der Waals surface area contributed by atoms with Gasteiger partial charge in [0, 0.05) is 11.4 Å². The van der Waals surface area contributed by atoms with E-state index in [0.29, 0.717) is 11.3 Å². The number of hydrogen-bond acceptors (Lipinski definition) is 6. The summed E-state index contributed by atoms with van der Waals surface area (Å²) >= 11 is 1.49. The number of anilines is 1. The molecule has 0 saturated heterocycles. The summed E-state index contributed by atoms with van der Waals surface area (Å²) in [6, 6.07) is 12.5. The fraction of sp³-hybridized carbons (Fsp3) is 0.238. The molecule has 8 heteroatoms. The minimum Gasteiger partial charge on any atom is -0.452 e. The second kappa shape index (κ2) is 8.91. The first-order valence-corrected chi connectivity index (χ1v) is 10.2. The Hall–Kier alpha value is -3.13. The number of amides is 1. The first-order chi connectivity index (χ1) is 13.9. The van der Waals surface area contributed by atoms with Crippen LogP contribution in [-0.4, -0.2) is 39.5 Å². The third-order valence-electron chi connectivity index (χ3n) is 4.46. The molecular weight excluding hydrogens is 388 g/mol. The molecule has 0 fully saturated rings. The molecule has 0 aliphatic carbocycles. The Labute approximate surface area is 173 Å². The molecule has 150 valence electrons. The van der Waals surface area contributed by atoms with Crippen LogP contribution in [0, 0.1) is 20.8 Å². The van der Waals surface area contributed by atoms with Gasteiger partial charge in [-0.05, 0) is 74.6 Å². The third kappa shape index (κ3) is 4.83. The molecular formula is C21H22N4O3S. The van der Waals surface area contributed by atoms with E-state index in [0.717, 1.165) is 27.8 Å². The number of ether oxygens (including phenoxy) is 1. The van der Waals surface area contributed by atoms with Crippen LogP contribution >= 0.6 is 11.8 Å². The number of aryl methyl sites for hydroxylation is 3. The Bertz CT molecular complexity index is 1040. The second-order valence-electron chi connectivity index (χ2n) is 6.54. The van der Waals surface area contributed by atoms with E-state index in [1.807, 2.05) is 49.8 Å². The average Bonchev–Trinajstić information content (AvgIpc) is 3.09. The van der Waals surface area contributed by atoms with Crippen molar-refractivity contribution in [2.45, 2.75) is 25.9 Å². The van der Waals surface area contributed by atoms with Crippen LogP contribution in [-0.2, 0) is 9.53 Å². The zero-order chi connectivity index (χ0) is 21.0. The third-order valence-corrected chi connectivity index (χ3v) is 5.09. The zero-order valence-electron chi connectivity index (χ0n) is 16.7. The van der Waals surface area contributed by atoms with Gasteiger partial charge in [0.05, 0.1) is 5.56 Å². The van der Waals surface area contributed by atoms with Crippen LogP contribution < -0.4 is 5.32 Å². The summed E-state index contributed by atoms with van der Waals surface area (Å²) in [5.41, 5.74) is 4.11. The van der Waals surface area contributed by atoms with Crippen molar-refractivity contribution in [3.05, 3.63) is 65.0 Å². The van der Waals surface area contributed by atoms with Gasteiger partial charge in [-0.25, -0.2) is 4.79 Å². The quantitative estimate of drug-likeness (QED) is 0.492. The molecule has 0 spiro atoms. The van der Waals surface area contributed by atoms with E-state index >= 15 is 0 Å². The maximum atomic E-state index is 12.3. The Balaban J connectivity index is 1.60. The van der Waals surface area contributed by atoms with Crippen LogP contribution in [0.1, 0.15) is 27.3 Å². The minimum atomic E-state index is -0.558. The number of nitrogens with one attached hydrogen (secondary N) is 1. The molecule has 1 amide bonds. The summed E-state index contributed by atoms with van der Waals surface area (Å²) < 4.78 is 7.03. The molecule has 0 unspecified atom stereocenters. The van der Waals surface area contributed by atoms with Crippen molar-refractivity contribution >= 4 is 29.3 Å². The first-order valence-electron chi connectivity index (χ1n) is 8.99. The molecule has 0 atom stereocenters. The molecule has 2 aromatic carbocycles. The molecule has 29 heavy (non-hydrogen) atoms. The summed E-state index contributed by atoms with van der Waals surface area (Å²) in [7, 11) is 0. The summed E-state index contributed by atoms with van der Waals surface area (Å²) in [6.07, 6.45) is 1.93. The fourth-order valence-corrected chi connectivity index (χ4v) is 3.29. The van der Waals surface area contributed by atoms with Crippen LogP contribution in [0.15, 0.2) is 47.6 Å². The minimum absolute atomic E-state index is 0.352. The van der Waals surface area contributed by atoms with Crippen LogP contribution in [0.2, 0.25) is 0 Å². The lowest BCUT2D eigenvalue weighted by molar-refractivity contribution is -0.119. The normalized spacial score (nSPS) is 10.6. The molecule has 0 aliphatic rings. The zero-order valence-corrected chi connectivity index (χ0v) is 17.5. The molecule has 0 aliphatic heterocycles. The number of benzene rings is 2. The van der Waals surface area contributed by atoms with Crippen LogP contribution in [0.5, 0.6) is 0 Å². The summed E-state index contributed by atoms with van der Waals surface area (Å²) in [6.45, 7) is 5.48. The molecule has 3 aromatic rings. The van der Waals surface area contributed by atoms with Crippen molar-refractivity contribution < 1.29 is 14.3 Å². The summed E-state index contributed by atoms with van der Waals surface area (Å²) in [5, 5.41) is 11.7. The summed E-state index contributed by atoms with van der Waals surface area (Å²) in [4.78, 5) is 24.3. The van der Waals surface area contributed by atoms with E-state index in [1.165, 1.54) is 11.8 Å². The molecule has 7 nitrogen and oxygen atoms in total. The fourth-order valence-electron chi connectivity index (χ4n) is 2.75. The van der Waals surface area contributed by atoms with Crippen molar-refractivity contribution in [2.24, 2.45) is 0 Å². The number of rotatable bonds is 6. The van der Waals surface area contributed by atoms with E-state index < -0.39 is 5.97 Å². The number of aromatic nitrogens is 3. The van der Waals surface area contributed by atoms with Crippen molar-refractivity contribution in [1.82, 2.24) is 14.8 Å². The standard InChI is InChI=1S/C21H22N4O3S/c1-13-5-8-17(11-14(13)2)22-19(26)12-28-20(27)16-6-9-18(10-7-16)25-15(3)23-24-21(25)29-4/h5-11H,12H2,1-4H3,(H,22,26). The van der Waals surface area contributed by atoms with Gasteiger partial charge >= 0.3 is 5.97 Å². The maximum Gasteiger partial charge on any atom is 0.338 e. The van der Waals surface area contributed by atoms with Gasteiger partial charge in [-0.1, -0.05) is 17.8 Å². The first kappa shape index (κ1) is 20.6. The van der Waals surface area contributed by atoms with E-state index in [1.54, 1.807) is 24.3 Å². The largest absolute Gasteiger partial charge is 0.452 e. The highest BCUT2D eigenvalue weighted by atomic mass is 32.2. The van der Waals surface area contributed by atoms with E-state index in [2.05, 4.69) is 15.5 Å². The summed E-state index contributed by atoms with van der Waals surface area (Å²) in [5.74, 6) is -0.187. The van der Waals surface area contributed by atoms with Crippen molar-refractivity contribution in [1.29, 1.82) is 0 Å². The van der Waals surface area contributed by atoms with Gasteiger partial charge in [-0.2, -0.15) is 0 Å². The highest BCUT2D eigenvalue weighted by Crippen LogP contribution is 2.20. The predicted octanol–water partition coefficient (Wildman–Crippen LogP) is 3.71. The van der Waals surface area contributed by atoms with Gasteiger partial charge in [-0.15, -0.1) is 10.2 Å². The predicted molar refractivity (Wildman–Crippen MR) is 113 cm³/mol. The highest BCUT2D eigenvalue weighted by molar-refractivity contribution is 7.98. The molecule has 1 N–H and O–H groups in total. The SMILES string of the molecule is CSc1nnc(C)n1-c1ccc(C(=O)OCC(=O)Nc2ccc(C)c(C)c2)cc1. The van der Waals surface area contributed by atoms with Gasteiger partial charge in [-0.3, -0.25) is 9.36 Å². The second-order valence-corrected chi connectivity index (χ2v) is 7.31. The van der Waals surface area contributed by atoms with Crippen molar-refractivity contribution in [3.8, 4) is 5.69 Å². The number of esters is 1. The number of nitrogens with zero attached hydrogens (tertiary/aromatic N) is 3. The van der Waals surface area contributed by atoms with Crippen LogP contribution in [0.25, 0.3) is 5.69 Å². The Morgan fingerprint density at radius 2 is 1.76 bits per heavy atom. The number of thioether (sulfide) groups is 1.